The summed E-state index contributed by atoms with van der Waals surface area (Å²) in [5.74, 6) is 0.315. The van der Waals surface area contributed by atoms with Crippen molar-refractivity contribution in [1.29, 1.82) is 0 Å². The largest absolute Gasteiger partial charge is 0.393 e. The van der Waals surface area contributed by atoms with E-state index in [1.807, 2.05) is 32.9 Å². The summed E-state index contributed by atoms with van der Waals surface area (Å²) >= 11 is 0. The van der Waals surface area contributed by atoms with E-state index in [1.165, 1.54) is 0 Å². The highest BCUT2D eigenvalue weighted by Crippen LogP contribution is 2.21. The van der Waals surface area contributed by atoms with E-state index in [0.717, 1.165) is 6.42 Å². The van der Waals surface area contributed by atoms with Gasteiger partial charge in [-0.15, -0.1) is 0 Å². The number of aliphatic hydroxyl groups excluding tert-OH is 1. The summed E-state index contributed by atoms with van der Waals surface area (Å²) in [6, 6.07) is 0. The van der Waals surface area contributed by atoms with Gasteiger partial charge in [0.05, 0.1) is 11.5 Å². The van der Waals surface area contributed by atoms with Gasteiger partial charge in [-0.05, 0) is 33.1 Å². The zero-order valence-electron chi connectivity index (χ0n) is 11.3. The van der Waals surface area contributed by atoms with Crippen molar-refractivity contribution >= 4 is 5.91 Å². The molecule has 2 unspecified atom stereocenters. The lowest BCUT2D eigenvalue weighted by atomic mass is 9.90. The van der Waals surface area contributed by atoms with E-state index < -0.39 is 5.41 Å². The molecule has 3 heteroatoms. The molecule has 0 aromatic rings. The maximum atomic E-state index is 11.8. The fraction of sp³-hybridized carbons (Fsp3) is 0.769. The number of amides is 1. The van der Waals surface area contributed by atoms with Crippen molar-refractivity contribution in [2.45, 2.75) is 40.2 Å². The van der Waals surface area contributed by atoms with Gasteiger partial charge in [-0.2, -0.15) is 0 Å². The molecule has 16 heavy (non-hydrogen) atoms. The molecule has 0 aliphatic carbocycles. The average molecular weight is 227 g/mol. The number of nitrogens with zero attached hydrogens (tertiary/aromatic N) is 1. The molecule has 2 atom stereocenters. The number of allylic oxidation sites excluding steroid dienone is 1. The Labute approximate surface area is 99.1 Å². The van der Waals surface area contributed by atoms with E-state index in [4.69, 9.17) is 0 Å². The maximum Gasteiger partial charge on any atom is 0.231 e. The molecule has 0 bridgehead atoms. The molecule has 1 amide bonds. The van der Waals surface area contributed by atoms with Gasteiger partial charge in [0, 0.05) is 14.1 Å². The summed E-state index contributed by atoms with van der Waals surface area (Å²) in [5, 5.41) is 9.34. The summed E-state index contributed by atoms with van der Waals surface area (Å²) in [6.45, 7) is 7.59. The van der Waals surface area contributed by atoms with Crippen LogP contribution in [0.5, 0.6) is 0 Å². The first-order valence-electron chi connectivity index (χ1n) is 5.76. The number of hydrogen-bond donors (Lipinski definition) is 1. The number of carbonyl (C=O) groups excluding carboxylic acids is 1. The van der Waals surface area contributed by atoms with Gasteiger partial charge in [-0.3, -0.25) is 4.79 Å². The third-order valence-corrected chi connectivity index (χ3v) is 2.82. The highest BCUT2D eigenvalue weighted by Gasteiger charge is 2.25. The minimum Gasteiger partial charge on any atom is -0.393 e. The molecule has 0 aliphatic heterocycles. The van der Waals surface area contributed by atoms with Crippen molar-refractivity contribution in [3.8, 4) is 0 Å². The Bertz CT molecular complexity index is 255. The molecule has 94 valence electrons. The maximum absolute atomic E-state index is 11.8. The van der Waals surface area contributed by atoms with Crippen LogP contribution in [0.15, 0.2) is 12.2 Å². The van der Waals surface area contributed by atoms with Gasteiger partial charge in [-0.25, -0.2) is 0 Å². The monoisotopic (exact) mass is 227 g/mol. The van der Waals surface area contributed by atoms with Crippen LogP contribution in [0.1, 0.15) is 34.1 Å². The van der Waals surface area contributed by atoms with Gasteiger partial charge in [0.1, 0.15) is 0 Å². The third-order valence-electron chi connectivity index (χ3n) is 2.82. The molecule has 0 saturated carbocycles. The van der Waals surface area contributed by atoms with Crippen LogP contribution in [0.25, 0.3) is 0 Å². The smallest absolute Gasteiger partial charge is 0.231 e. The molecule has 0 saturated heterocycles. The summed E-state index contributed by atoms with van der Waals surface area (Å²) in [4.78, 5) is 13.4. The third kappa shape index (κ3) is 4.79. The van der Waals surface area contributed by atoms with Crippen LogP contribution >= 0.6 is 0 Å². The van der Waals surface area contributed by atoms with Crippen molar-refractivity contribution in [1.82, 2.24) is 4.90 Å². The highest BCUT2D eigenvalue weighted by molar-refractivity contribution is 5.83. The second kappa shape index (κ2) is 6.04. The molecule has 0 heterocycles. The molecular weight excluding hydrogens is 202 g/mol. The minimum atomic E-state index is -0.470. The van der Waals surface area contributed by atoms with Crippen LogP contribution in [0.2, 0.25) is 0 Å². The van der Waals surface area contributed by atoms with Crippen LogP contribution in [0.3, 0.4) is 0 Å². The predicted molar refractivity (Wildman–Crippen MR) is 67.1 cm³/mol. The van der Waals surface area contributed by atoms with Crippen LogP contribution in [0.4, 0.5) is 0 Å². The Morgan fingerprint density at radius 1 is 1.38 bits per heavy atom. The van der Waals surface area contributed by atoms with Crippen molar-refractivity contribution in [2.24, 2.45) is 11.3 Å². The standard InChI is InChI=1S/C13H25NO2/c1-10(11(2)15)8-7-9-13(3,4)12(16)14(5)6/h7,9-11,15H,8H2,1-6H3. The Balaban J connectivity index is 4.37. The topological polar surface area (TPSA) is 40.5 Å². The molecule has 0 fully saturated rings. The molecule has 0 aromatic heterocycles. The Morgan fingerprint density at radius 3 is 2.25 bits per heavy atom. The number of hydrogen-bond acceptors (Lipinski definition) is 2. The number of rotatable bonds is 5. The lowest BCUT2D eigenvalue weighted by Gasteiger charge is -2.24. The summed E-state index contributed by atoms with van der Waals surface area (Å²) in [6.07, 6.45) is 4.40. The molecular formula is C13H25NO2. The Hall–Kier alpha value is -0.830. The predicted octanol–water partition coefficient (Wildman–Crippen LogP) is 2.06. The second-order valence-electron chi connectivity index (χ2n) is 5.28. The van der Waals surface area contributed by atoms with E-state index in [1.54, 1.807) is 25.9 Å². The Kier molecular flexibility index (Phi) is 5.73. The van der Waals surface area contributed by atoms with Crippen LogP contribution in [-0.2, 0) is 4.79 Å². The lowest BCUT2D eigenvalue weighted by molar-refractivity contribution is -0.135. The summed E-state index contributed by atoms with van der Waals surface area (Å²) in [7, 11) is 3.52. The number of carbonyl (C=O) groups is 1. The zero-order chi connectivity index (χ0) is 12.9. The van der Waals surface area contributed by atoms with E-state index in [9.17, 15) is 9.90 Å². The second-order valence-corrected chi connectivity index (χ2v) is 5.28. The van der Waals surface area contributed by atoms with Crippen molar-refractivity contribution in [3.05, 3.63) is 12.2 Å². The normalized spacial score (nSPS) is 16.2. The molecule has 1 N–H and O–H groups in total. The van der Waals surface area contributed by atoms with Gasteiger partial charge in [0.2, 0.25) is 5.91 Å². The van der Waals surface area contributed by atoms with E-state index >= 15 is 0 Å². The van der Waals surface area contributed by atoms with Gasteiger partial charge in [-0.1, -0.05) is 19.1 Å². The van der Waals surface area contributed by atoms with Crippen LogP contribution < -0.4 is 0 Å². The molecule has 0 radical (unpaired) electrons. The highest BCUT2D eigenvalue weighted by atomic mass is 16.3. The zero-order valence-corrected chi connectivity index (χ0v) is 11.3. The molecule has 0 aliphatic rings. The fourth-order valence-corrected chi connectivity index (χ4v) is 1.42. The first-order chi connectivity index (χ1) is 7.18. The fourth-order valence-electron chi connectivity index (χ4n) is 1.42. The van der Waals surface area contributed by atoms with Gasteiger partial charge < -0.3 is 10.0 Å². The van der Waals surface area contributed by atoms with Gasteiger partial charge >= 0.3 is 0 Å². The lowest BCUT2D eigenvalue weighted by Crippen LogP contribution is -2.34. The van der Waals surface area contributed by atoms with Crippen LogP contribution in [0, 0.1) is 11.3 Å². The number of aliphatic hydroxyl groups is 1. The van der Waals surface area contributed by atoms with Gasteiger partial charge in [0.15, 0.2) is 0 Å². The van der Waals surface area contributed by atoms with E-state index in [0.29, 0.717) is 0 Å². The SMILES string of the molecule is CC(O)C(C)CC=CC(C)(C)C(=O)N(C)C. The Morgan fingerprint density at radius 2 is 1.88 bits per heavy atom. The first-order valence-corrected chi connectivity index (χ1v) is 5.76. The summed E-state index contributed by atoms with van der Waals surface area (Å²) < 4.78 is 0. The molecule has 3 nitrogen and oxygen atoms in total. The molecule has 0 spiro atoms. The average Bonchev–Trinajstić information content (AvgIpc) is 2.15. The van der Waals surface area contributed by atoms with Crippen molar-refractivity contribution in [2.75, 3.05) is 14.1 Å². The summed E-state index contributed by atoms with van der Waals surface area (Å²) in [5.41, 5.74) is -0.470. The van der Waals surface area contributed by atoms with Crippen molar-refractivity contribution < 1.29 is 9.90 Å². The van der Waals surface area contributed by atoms with E-state index in [-0.39, 0.29) is 17.9 Å². The van der Waals surface area contributed by atoms with Crippen molar-refractivity contribution in [3.63, 3.8) is 0 Å². The minimum absolute atomic E-state index is 0.0912. The van der Waals surface area contributed by atoms with E-state index in [2.05, 4.69) is 0 Å². The molecule has 0 rings (SSSR count). The quantitative estimate of drug-likeness (QED) is 0.730. The first kappa shape index (κ1) is 15.2. The molecule has 0 aromatic carbocycles. The van der Waals surface area contributed by atoms with Crippen LogP contribution in [-0.4, -0.2) is 36.1 Å². The van der Waals surface area contributed by atoms with Gasteiger partial charge in [0.25, 0.3) is 0 Å².